The van der Waals surface area contributed by atoms with Crippen LogP contribution in [-0.4, -0.2) is 0 Å². The Labute approximate surface area is 92.4 Å². The molecule has 0 N–H and O–H groups in total. The van der Waals surface area contributed by atoms with E-state index in [9.17, 15) is 0 Å². The van der Waals surface area contributed by atoms with Gasteiger partial charge < -0.3 is 0 Å². The summed E-state index contributed by atoms with van der Waals surface area (Å²) in [5, 5.41) is 2.29. The summed E-state index contributed by atoms with van der Waals surface area (Å²) in [5.41, 5.74) is 3.55. The van der Waals surface area contributed by atoms with Crippen molar-refractivity contribution in [1.82, 2.24) is 0 Å². The van der Waals surface area contributed by atoms with Gasteiger partial charge in [0.05, 0.1) is 0 Å². The lowest BCUT2D eigenvalue weighted by Gasteiger charge is -2.27. The molecule has 0 nitrogen and oxygen atoms in total. The van der Waals surface area contributed by atoms with Crippen LogP contribution in [0.1, 0.15) is 57.5 Å². The van der Waals surface area contributed by atoms with E-state index < -0.39 is 0 Å². The molecule has 0 radical (unpaired) electrons. The maximum absolute atomic E-state index is 2.30. The molecule has 0 fully saturated rings. The van der Waals surface area contributed by atoms with Gasteiger partial charge in [0.2, 0.25) is 0 Å². The van der Waals surface area contributed by atoms with E-state index in [1.807, 2.05) is 11.3 Å². The van der Waals surface area contributed by atoms with Gasteiger partial charge in [-0.25, -0.2) is 0 Å². The average Bonchev–Trinajstić information content (AvgIpc) is 2.27. The molecule has 0 unspecified atom stereocenters. The molecule has 0 atom stereocenters. The van der Waals surface area contributed by atoms with Crippen LogP contribution in [0.5, 0.6) is 0 Å². The van der Waals surface area contributed by atoms with E-state index in [4.69, 9.17) is 0 Å². The van der Waals surface area contributed by atoms with Gasteiger partial charge in [0, 0.05) is 4.88 Å². The van der Waals surface area contributed by atoms with Gasteiger partial charge in [-0.2, -0.15) is 0 Å². The second kappa shape index (κ2) is 3.37. The lowest BCUT2D eigenvalue weighted by atomic mass is 9.79. The Bertz CT molecular complexity index is 318. The summed E-state index contributed by atoms with van der Waals surface area (Å²) in [5.74, 6) is 0. The molecule has 0 spiro atoms. The molecular weight excluding hydrogens is 188 g/mol. The molecule has 0 saturated carbocycles. The van der Waals surface area contributed by atoms with Crippen LogP contribution in [0.3, 0.4) is 0 Å². The third-order valence-electron chi connectivity index (χ3n) is 2.41. The van der Waals surface area contributed by atoms with Crippen LogP contribution in [0, 0.1) is 6.92 Å². The molecule has 0 amide bonds. The predicted molar refractivity (Wildman–Crippen MR) is 66.5 cm³/mol. The zero-order valence-corrected chi connectivity index (χ0v) is 11.3. The van der Waals surface area contributed by atoms with Crippen molar-refractivity contribution in [2.45, 2.75) is 59.3 Å². The van der Waals surface area contributed by atoms with Gasteiger partial charge >= 0.3 is 0 Å². The second-order valence-corrected chi connectivity index (χ2v) is 7.00. The highest BCUT2D eigenvalue weighted by Gasteiger charge is 2.28. The standard InChI is InChI=1S/C13H22S/c1-9-8-14-11(13(5,6)7)10(9)12(2,3)4/h8H,1-7H3. The van der Waals surface area contributed by atoms with Gasteiger partial charge in [0.1, 0.15) is 0 Å². The largest absolute Gasteiger partial charge is 0.148 e. The molecule has 0 aliphatic heterocycles. The van der Waals surface area contributed by atoms with Gasteiger partial charge in [0.15, 0.2) is 0 Å². The molecule has 0 bridgehead atoms. The predicted octanol–water partition coefficient (Wildman–Crippen LogP) is 4.65. The maximum Gasteiger partial charge on any atom is 0.0139 e. The Morgan fingerprint density at radius 1 is 0.929 bits per heavy atom. The van der Waals surface area contributed by atoms with E-state index in [0.29, 0.717) is 0 Å². The van der Waals surface area contributed by atoms with E-state index in [-0.39, 0.29) is 10.8 Å². The number of aryl methyl sites for hydroxylation is 1. The Hall–Kier alpha value is -0.300. The van der Waals surface area contributed by atoms with Crippen LogP contribution >= 0.6 is 11.3 Å². The first-order valence-corrected chi connectivity index (χ1v) is 6.11. The van der Waals surface area contributed by atoms with Crippen LogP contribution in [0.2, 0.25) is 0 Å². The van der Waals surface area contributed by atoms with Crippen LogP contribution in [0.4, 0.5) is 0 Å². The van der Waals surface area contributed by atoms with E-state index in [1.165, 1.54) is 5.56 Å². The van der Waals surface area contributed by atoms with Crippen molar-refractivity contribution in [1.29, 1.82) is 0 Å². The van der Waals surface area contributed by atoms with Gasteiger partial charge in [0.25, 0.3) is 0 Å². The number of rotatable bonds is 0. The Balaban J connectivity index is 3.35. The molecule has 0 aromatic carbocycles. The summed E-state index contributed by atoms with van der Waals surface area (Å²) in [6.45, 7) is 16.0. The average molecular weight is 210 g/mol. The molecule has 1 aromatic heterocycles. The third-order valence-corrected chi connectivity index (χ3v) is 3.93. The minimum absolute atomic E-state index is 0.271. The molecule has 0 aliphatic rings. The fourth-order valence-electron chi connectivity index (χ4n) is 1.93. The van der Waals surface area contributed by atoms with Crippen molar-refractivity contribution >= 4 is 11.3 Å². The Morgan fingerprint density at radius 3 is 1.71 bits per heavy atom. The van der Waals surface area contributed by atoms with Crippen molar-refractivity contribution in [3.63, 3.8) is 0 Å². The third kappa shape index (κ3) is 2.20. The minimum Gasteiger partial charge on any atom is -0.148 e. The van der Waals surface area contributed by atoms with Crippen LogP contribution in [-0.2, 0) is 10.8 Å². The molecule has 0 aliphatic carbocycles. The molecule has 1 rings (SSSR count). The van der Waals surface area contributed by atoms with Crippen LogP contribution < -0.4 is 0 Å². The summed E-state index contributed by atoms with van der Waals surface area (Å²) < 4.78 is 0. The van der Waals surface area contributed by atoms with Gasteiger partial charge in [-0.05, 0) is 34.3 Å². The summed E-state index contributed by atoms with van der Waals surface area (Å²) in [6, 6.07) is 0. The lowest BCUT2D eigenvalue weighted by molar-refractivity contribution is 0.539. The highest BCUT2D eigenvalue weighted by atomic mass is 32.1. The molecule has 1 heterocycles. The van der Waals surface area contributed by atoms with Gasteiger partial charge in [-0.3, -0.25) is 0 Å². The van der Waals surface area contributed by atoms with E-state index in [2.05, 4.69) is 53.8 Å². The molecule has 1 aromatic rings. The van der Waals surface area contributed by atoms with Crippen LogP contribution in [0.15, 0.2) is 5.38 Å². The first-order chi connectivity index (χ1) is 6.14. The summed E-state index contributed by atoms with van der Waals surface area (Å²) in [7, 11) is 0. The summed E-state index contributed by atoms with van der Waals surface area (Å²) >= 11 is 1.91. The van der Waals surface area contributed by atoms with Gasteiger partial charge in [-0.15, -0.1) is 11.3 Å². The normalized spacial score (nSPS) is 13.4. The van der Waals surface area contributed by atoms with E-state index >= 15 is 0 Å². The minimum atomic E-state index is 0.271. The van der Waals surface area contributed by atoms with E-state index in [0.717, 1.165) is 0 Å². The van der Waals surface area contributed by atoms with Crippen LogP contribution in [0.25, 0.3) is 0 Å². The Kier molecular flexibility index (Phi) is 2.84. The topological polar surface area (TPSA) is 0 Å². The highest BCUT2D eigenvalue weighted by Crippen LogP contribution is 2.39. The molecular formula is C13H22S. The summed E-state index contributed by atoms with van der Waals surface area (Å²) in [4.78, 5) is 1.54. The van der Waals surface area contributed by atoms with E-state index in [1.54, 1.807) is 10.4 Å². The zero-order valence-electron chi connectivity index (χ0n) is 10.5. The van der Waals surface area contributed by atoms with Crippen molar-refractivity contribution < 1.29 is 0 Å². The molecule has 14 heavy (non-hydrogen) atoms. The fraction of sp³-hybridized carbons (Fsp3) is 0.692. The first-order valence-electron chi connectivity index (χ1n) is 5.23. The van der Waals surface area contributed by atoms with Crippen molar-refractivity contribution in [2.75, 3.05) is 0 Å². The molecule has 80 valence electrons. The highest BCUT2D eigenvalue weighted by molar-refractivity contribution is 7.10. The van der Waals surface area contributed by atoms with Crippen molar-refractivity contribution in [3.05, 3.63) is 21.4 Å². The lowest BCUT2D eigenvalue weighted by Crippen LogP contribution is -2.20. The number of hydrogen-bond donors (Lipinski definition) is 0. The first kappa shape index (κ1) is 11.8. The van der Waals surface area contributed by atoms with Crippen molar-refractivity contribution in [3.8, 4) is 0 Å². The SMILES string of the molecule is Cc1csc(C(C)(C)C)c1C(C)(C)C. The number of hydrogen-bond acceptors (Lipinski definition) is 1. The monoisotopic (exact) mass is 210 g/mol. The summed E-state index contributed by atoms with van der Waals surface area (Å²) in [6.07, 6.45) is 0. The maximum atomic E-state index is 2.30. The fourth-order valence-corrected chi connectivity index (χ4v) is 3.28. The molecule has 1 heteroatoms. The smallest absolute Gasteiger partial charge is 0.0139 e. The van der Waals surface area contributed by atoms with Gasteiger partial charge in [-0.1, -0.05) is 41.5 Å². The molecule has 0 saturated heterocycles. The zero-order chi connectivity index (χ0) is 11.1. The quantitative estimate of drug-likeness (QED) is 0.584. The van der Waals surface area contributed by atoms with Crippen molar-refractivity contribution in [2.24, 2.45) is 0 Å². The second-order valence-electron chi connectivity index (χ2n) is 6.12. The Morgan fingerprint density at radius 2 is 1.43 bits per heavy atom. The number of thiophene rings is 1.